The van der Waals surface area contributed by atoms with Crippen LogP contribution < -0.4 is 4.90 Å². The lowest BCUT2D eigenvalue weighted by atomic mass is 10.1. The van der Waals surface area contributed by atoms with E-state index < -0.39 is 0 Å². The van der Waals surface area contributed by atoms with Gasteiger partial charge < -0.3 is 10.0 Å². The summed E-state index contributed by atoms with van der Waals surface area (Å²) in [4.78, 5) is 8.09. The maximum atomic E-state index is 9.55. The molecule has 0 saturated heterocycles. The van der Waals surface area contributed by atoms with Crippen LogP contribution in [0.5, 0.6) is 0 Å². The highest BCUT2D eigenvalue weighted by atomic mass is 32.1. The van der Waals surface area contributed by atoms with Gasteiger partial charge in [0.15, 0.2) is 0 Å². The summed E-state index contributed by atoms with van der Waals surface area (Å²) in [6.07, 6.45) is 0. The van der Waals surface area contributed by atoms with Crippen molar-refractivity contribution >= 4 is 28.1 Å². The molecule has 3 nitrogen and oxygen atoms in total. The third-order valence-corrected chi connectivity index (χ3v) is 4.18. The lowest BCUT2D eigenvalue weighted by Crippen LogP contribution is -2.17. The van der Waals surface area contributed by atoms with Gasteiger partial charge in [-0.25, -0.2) is 4.98 Å². The van der Waals surface area contributed by atoms with Crippen molar-refractivity contribution in [3.8, 4) is 0 Å². The van der Waals surface area contributed by atoms with Gasteiger partial charge >= 0.3 is 0 Å². The van der Waals surface area contributed by atoms with Crippen LogP contribution in [-0.4, -0.2) is 17.1 Å². The second kappa shape index (κ2) is 5.61. The van der Waals surface area contributed by atoms with E-state index in [9.17, 15) is 5.11 Å². The Morgan fingerprint density at radius 3 is 2.80 bits per heavy atom. The summed E-state index contributed by atoms with van der Waals surface area (Å²) in [7, 11) is 2.03. The second-order valence-corrected chi connectivity index (χ2v) is 5.78. The van der Waals surface area contributed by atoms with Crippen molar-refractivity contribution < 1.29 is 5.11 Å². The summed E-state index contributed by atoms with van der Waals surface area (Å²) in [5.41, 5.74) is 1.84. The number of aliphatic hydroxyl groups is 1. The molecule has 20 heavy (non-hydrogen) atoms. The maximum Gasteiger partial charge on any atom is 0.129 e. The Morgan fingerprint density at radius 1 is 1.20 bits per heavy atom. The number of rotatable bonds is 4. The van der Waals surface area contributed by atoms with E-state index in [1.165, 1.54) is 4.88 Å². The quantitative estimate of drug-likeness (QED) is 0.797. The van der Waals surface area contributed by atoms with Gasteiger partial charge in [0.25, 0.3) is 0 Å². The Morgan fingerprint density at radius 2 is 2.05 bits per heavy atom. The standard InChI is InChI=1S/C16H16N2OS/c1-18(10-13-5-4-8-20-13)16-9-12(11-19)14-6-2-3-7-15(14)17-16/h2-9,19H,10-11H2,1H3. The Labute approximate surface area is 122 Å². The molecule has 4 heteroatoms. The zero-order valence-electron chi connectivity index (χ0n) is 11.3. The first-order valence-electron chi connectivity index (χ1n) is 6.51. The Hall–Kier alpha value is -1.91. The predicted octanol–water partition coefficient (Wildman–Crippen LogP) is 3.43. The molecule has 0 aliphatic rings. The Kier molecular flexibility index (Phi) is 3.67. The number of para-hydroxylation sites is 1. The molecule has 0 radical (unpaired) electrons. The number of anilines is 1. The topological polar surface area (TPSA) is 36.4 Å². The highest BCUT2D eigenvalue weighted by Crippen LogP contribution is 2.24. The Balaban J connectivity index is 1.98. The van der Waals surface area contributed by atoms with Crippen LogP contribution in [0.3, 0.4) is 0 Å². The molecule has 0 aliphatic carbocycles. The monoisotopic (exact) mass is 284 g/mol. The second-order valence-electron chi connectivity index (χ2n) is 4.75. The van der Waals surface area contributed by atoms with Gasteiger partial charge in [-0.3, -0.25) is 0 Å². The largest absolute Gasteiger partial charge is 0.392 e. The van der Waals surface area contributed by atoms with Gasteiger partial charge in [0.05, 0.1) is 18.7 Å². The van der Waals surface area contributed by atoms with E-state index in [1.54, 1.807) is 11.3 Å². The average molecular weight is 284 g/mol. The van der Waals surface area contributed by atoms with Crippen molar-refractivity contribution in [2.45, 2.75) is 13.2 Å². The van der Waals surface area contributed by atoms with E-state index >= 15 is 0 Å². The first kappa shape index (κ1) is 13.1. The van der Waals surface area contributed by atoms with Crippen molar-refractivity contribution in [2.75, 3.05) is 11.9 Å². The number of hydrogen-bond acceptors (Lipinski definition) is 4. The molecule has 3 aromatic rings. The molecular formula is C16H16N2OS. The summed E-state index contributed by atoms with van der Waals surface area (Å²) < 4.78 is 0. The molecule has 0 bridgehead atoms. The maximum absolute atomic E-state index is 9.55. The van der Waals surface area contributed by atoms with E-state index in [1.807, 2.05) is 37.4 Å². The Bertz CT molecular complexity index is 710. The fraction of sp³-hybridized carbons (Fsp3) is 0.188. The minimum Gasteiger partial charge on any atom is -0.392 e. The van der Waals surface area contributed by atoms with E-state index in [-0.39, 0.29) is 6.61 Å². The number of aromatic nitrogens is 1. The molecule has 0 saturated carbocycles. The lowest BCUT2D eigenvalue weighted by molar-refractivity contribution is 0.283. The van der Waals surface area contributed by atoms with Gasteiger partial charge in [0.1, 0.15) is 5.82 Å². The molecule has 1 N–H and O–H groups in total. The van der Waals surface area contributed by atoms with Crippen LogP contribution in [-0.2, 0) is 13.2 Å². The number of nitrogens with zero attached hydrogens (tertiary/aromatic N) is 2. The number of aliphatic hydroxyl groups excluding tert-OH is 1. The van der Waals surface area contributed by atoms with Crippen molar-refractivity contribution in [1.82, 2.24) is 4.98 Å². The predicted molar refractivity (Wildman–Crippen MR) is 84.1 cm³/mol. The highest BCUT2D eigenvalue weighted by molar-refractivity contribution is 7.09. The number of hydrogen-bond donors (Lipinski definition) is 1. The molecule has 2 aromatic heterocycles. The molecular weight excluding hydrogens is 268 g/mol. The summed E-state index contributed by atoms with van der Waals surface area (Å²) in [5, 5.41) is 12.7. The number of thiophene rings is 1. The van der Waals surface area contributed by atoms with Crippen LogP contribution in [0.15, 0.2) is 47.8 Å². The first-order valence-corrected chi connectivity index (χ1v) is 7.39. The zero-order chi connectivity index (χ0) is 13.9. The zero-order valence-corrected chi connectivity index (χ0v) is 12.1. The molecule has 0 fully saturated rings. The summed E-state index contributed by atoms with van der Waals surface area (Å²) in [6, 6.07) is 14.1. The van der Waals surface area contributed by atoms with Crippen LogP contribution >= 0.6 is 11.3 Å². The van der Waals surface area contributed by atoms with E-state index in [2.05, 4.69) is 27.4 Å². The van der Waals surface area contributed by atoms with Gasteiger partial charge in [0.2, 0.25) is 0 Å². The van der Waals surface area contributed by atoms with E-state index in [4.69, 9.17) is 0 Å². The third kappa shape index (κ3) is 2.53. The van der Waals surface area contributed by atoms with Gasteiger partial charge in [-0.05, 0) is 29.1 Å². The van der Waals surface area contributed by atoms with Gasteiger partial charge in [0, 0.05) is 17.3 Å². The summed E-state index contributed by atoms with van der Waals surface area (Å²) in [5.74, 6) is 0.890. The molecule has 0 amide bonds. The number of fused-ring (bicyclic) bond motifs is 1. The molecule has 0 spiro atoms. The molecule has 102 valence electrons. The minimum atomic E-state index is 0.0306. The average Bonchev–Trinajstić information content (AvgIpc) is 2.99. The van der Waals surface area contributed by atoms with Crippen molar-refractivity contribution in [3.63, 3.8) is 0 Å². The third-order valence-electron chi connectivity index (χ3n) is 3.32. The molecule has 3 rings (SSSR count). The van der Waals surface area contributed by atoms with E-state index in [0.717, 1.165) is 28.8 Å². The fourth-order valence-corrected chi connectivity index (χ4v) is 3.03. The lowest BCUT2D eigenvalue weighted by Gasteiger charge is -2.19. The van der Waals surface area contributed by atoms with Crippen molar-refractivity contribution in [2.24, 2.45) is 0 Å². The fourth-order valence-electron chi connectivity index (χ4n) is 2.28. The smallest absolute Gasteiger partial charge is 0.129 e. The van der Waals surface area contributed by atoms with Gasteiger partial charge in [-0.2, -0.15) is 0 Å². The molecule has 1 aromatic carbocycles. The normalized spacial score (nSPS) is 10.9. The molecule has 0 aliphatic heterocycles. The summed E-state index contributed by atoms with van der Waals surface area (Å²) >= 11 is 1.74. The first-order chi connectivity index (χ1) is 9.78. The van der Waals surface area contributed by atoms with Crippen LogP contribution in [0.1, 0.15) is 10.4 Å². The van der Waals surface area contributed by atoms with Gasteiger partial charge in [-0.15, -0.1) is 11.3 Å². The van der Waals surface area contributed by atoms with E-state index in [0.29, 0.717) is 0 Å². The van der Waals surface area contributed by atoms with Crippen LogP contribution in [0.25, 0.3) is 10.9 Å². The van der Waals surface area contributed by atoms with Gasteiger partial charge in [-0.1, -0.05) is 24.3 Å². The molecule has 2 heterocycles. The summed E-state index contributed by atoms with van der Waals surface area (Å²) in [6.45, 7) is 0.858. The highest BCUT2D eigenvalue weighted by Gasteiger charge is 2.09. The minimum absolute atomic E-state index is 0.0306. The number of pyridine rings is 1. The SMILES string of the molecule is CN(Cc1cccs1)c1cc(CO)c2ccccc2n1. The molecule has 0 atom stereocenters. The van der Waals surface area contributed by atoms with Crippen molar-refractivity contribution in [1.29, 1.82) is 0 Å². The van der Waals surface area contributed by atoms with Crippen LogP contribution in [0, 0.1) is 0 Å². The van der Waals surface area contributed by atoms with Crippen molar-refractivity contribution in [3.05, 3.63) is 58.3 Å². The van der Waals surface area contributed by atoms with Crippen LogP contribution in [0.4, 0.5) is 5.82 Å². The number of benzene rings is 1. The molecule has 0 unspecified atom stereocenters. The van der Waals surface area contributed by atoms with Crippen LogP contribution in [0.2, 0.25) is 0 Å².